The standard InChI is InChI=1S/C20H31NO3/c1-15(2)21(18-9-11-24-12-10-18)20(22)14-16(3)13-17-7-5-6-8-19(17)23-4/h5-8,15-16,18H,9-14H2,1-4H3/t16-/m0/s1. The Bertz CT molecular complexity index is 523. The second-order valence-electron chi connectivity index (χ2n) is 7.06. The maximum absolute atomic E-state index is 12.9. The van der Waals surface area contributed by atoms with Gasteiger partial charge in [0.15, 0.2) is 0 Å². The molecule has 24 heavy (non-hydrogen) atoms. The van der Waals surface area contributed by atoms with E-state index in [1.54, 1.807) is 7.11 Å². The zero-order valence-electron chi connectivity index (χ0n) is 15.5. The van der Waals surface area contributed by atoms with Crippen LogP contribution in [0.1, 0.15) is 45.6 Å². The predicted molar refractivity (Wildman–Crippen MR) is 96.3 cm³/mol. The minimum Gasteiger partial charge on any atom is -0.496 e. The van der Waals surface area contributed by atoms with Crippen molar-refractivity contribution in [2.24, 2.45) is 5.92 Å². The number of ether oxygens (including phenoxy) is 2. The normalized spacial score (nSPS) is 16.9. The van der Waals surface area contributed by atoms with Gasteiger partial charge in [0.05, 0.1) is 7.11 Å². The van der Waals surface area contributed by atoms with Gasteiger partial charge >= 0.3 is 0 Å². The molecule has 0 saturated carbocycles. The summed E-state index contributed by atoms with van der Waals surface area (Å²) in [5, 5.41) is 0. The third kappa shape index (κ3) is 4.97. The molecule has 0 N–H and O–H groups in total. The van der Waals surface area contributed by atoms with Crippen LogP contribution < -0.4 is 4.74 Å². The summed E-state index contributed by atoms with van der Waals surface area (Å²) >= 11 is 0. The average Bonchev–Trinajstić information content (AvgIpc) is 2.56. The smallest absolute Gasteiger partial charge is 0.223 e. The minimum absolute atomic E-state index is 0.235. The van der Waals surface area contributed by atoms with Gasteiger partial charge in [-0.15, -0.1) is 0 Å². The Kier molecular flexibility index (Phi) is 7.10. The highest BCUT2D eigenvalue weighted by atomic mass is 16.5. The summed E-state index contributed by atoms with van der Waals surface area (Å²) in [5.74, 6) is 1.45. The first-order valence-corrected chi connectivity index (χ1v) is 9.03. The van der Waals surface area contributed by atoms with E-state index in [0.717, 1.165) is 38.2 Å². The molecule has 1 heterocycles. The quantitative estimate of drug-likeness (QED) is 0.764. The largest absolute Gasteiger partial charge is 0.496 e. The summed E-state index contributed by atoms with van der Waals surface area (Å²) in [7, 11) is 1.69. The SMILES string of the molecule is COc1ccccc1C[C@H](C)CC(=O)N(C(C)C)C1CCOCC1. The average molecular weight is 333 g/mol. The maximum Gasteiger partial charge on any atom is 0.223 e. The van der Waals surface area contributed by atoms with Crippen LogP contribution in [-0.4, -0.2) is 43.2 Å². The van der Waals surface area contributed by atoms with Gasteiger partial charge in [-0.25, -0.2) is 0 Å². The van der Waals surface area contributed by atoms with Gasteiger partial charge in [0, 0.05) is 31.7 Å². The molecule has 0 unspecified atom stereocenters. The number of rotatable bonds is 7. The summed E-state index contributed by atoms with van der Waals surface area (Å²) < 4.78 is 10.9. The molecule has 1 atom stereocenters. The first kappa shape index (κ1) is 18.8. The number of hydrogen-bond acceptors (Lipinski definition) is 3. The van der Waals surface area contributed by atoms with Gasteiger partial charge in [0.2, 0.25) is 5.91 Å². The van der Waals surface area contributed by atoms with Crippen LogP contribution in [0.3, 0.4) is 0 Å². The number of benzene rings is 1. The van der Waals surface area contributed by atoms with Crippen LogP contribution in [0.15, 0.2) is 24.3 Å². The molecule has 4 nitrogen and oxygen atoms in total. The number of amides is 1. The molecule has 1 aliphatic rings. The number of para-hydroxylation sites is 1. The molecule has 0 spiro atoms. The number of carbonyl (C=O) groups is 1. The zero-order chi connectivity index (χ0) is 17.5. The lowest BCUT2D eigenvalue weighted by atomic mass is 9.95. The van der Waals surface area contributed by atoms with Crippen LogP contribution >= 0.6 is 0 Å². The molecule has 0 aliphatic carbocycles. The lowest BCUT2D eigenvalue weighted by Crippen LogP contribution is -2.47. The highest BCUT2D eigenvalue weighted by molar-refractivity contribution is 5.77. The van der Waals surface area contributed by atoms with Gasteiger partial charge < -0.3 is 14.4 Å². The Morgan fingerprint density at radius 1 is 1.25 bits per heavy atom. The highest BCUT2D eigenvalue weighted by Gasteiger charge is 2.28. The number of nitrogens with zero attached hydrogens (tertiary/aromatic N) is 1. The van der Waals surface area contributed by atoms with E-state index >= 15 is 0 Å². The first-order chi connectivity index (χ1) is 11.5. The molecular weight excluding hydrogens is 302 g/mol. The number of hydrogen-bond donors (Lipinski definition) is 0. The summed E-state index contributed by atoms with van der Waals surface area (Å²) in [6.45, 7) is 7.89. The fourth-order valence-electron chi connectivity index (χ4n) is 3.60. The van der Waals surface area contributed by atoms with E-state index in [1.165, 1.54) is 5.56 Å². The predicted octanol–water partition coefficient (Wildman–Crippen LogP) is 3.68. The van der Waals surface area contributed by atoms with Gasteiger partial charge in [-0.05, 0) is 50.7 Å². The number of methoxy groups -OCH3 is 1. The van der Waals surface area contributed by atoms with Crippen molar-refractivity contribution < 1.29 is 14.3 Å². The molecule has 1 amide bonds. The van der Waals surface area contributed by atoms with E-state index in [2.05, 4.69) is 31.7 Å². The fourth-order valence-corrected chi connectivity index (χ4v) is 3.60. The summed E-state index contributed by atoms with van der Waals surface area (Å²) in [6.07, 6.45) is 3.33. The Morgan fingerprint density at radius 3 is 2.54 bits per heavy atom. The number of carbonyl (C=O) groups excluding carboxylic acids is 1. The molecule has 2 rings (SSSR count). The molecule has 134 valence electrons. The molecule has 1 saturated heterocycles. The Hall–Kier alpha value is -1.55. The van der Waals surface area contributed by atoms with E-state index < -0.39 is 0 Å². The van der Waals surface area contributed by atoms with E-state index in [4.69, 9.17) is 9.47 Å². The molecule has 4 heteroatoms. The second-order valence-corrected chi connectivity index (χ2v) is 7.06. The van der Waals surface area contributed by atoms with Crippen molar-refractivity contribution in [1.29, 1.82) is 0 Å². The van der Waals surface area contributed by atoms with Crippen molar-refractivity contribution in [1.82, 2.24) is 4.90 Å². The summed E-state index contributed by atoms with van der Waals surface area (Å²) in [4.78, 5) is 15.0. The van der Waals surface area contributed by atoms with Crippen LogP contribution in [0, 0.1) is 5.92 Å². The van der Waals surface area contributed by atoms with E-state index in [-0.39, 0.29) is 17.9 Å². The van der Waals surface area contributed by atoms with Gasteiger partial charge in [-0.1, -0.05) is 25.1 Å². The van der Waals surface area contributed by atoms with Gasteiger partial charge in [0.1, 0.15) is 5.75 Å². The van der Waals surface area contributed by atoms with Crippen molar-refractivity contribution in [2.75, 3.05) is 20.3 Å². The van der Waals surface area contributed by atoms with Crippen LogP contribution in [0.2, 0.25) is 0 Å². The van der Waals surface area contributed by atoms with Crippen molar-refractivity contribution >= 4 is 5.91 Å². The third-order valence-corrected chi connectivity index (χ3v) is 4.71. The second kappa shape index (κ2) is 9.07. The van der Waals surface area contributed by atoms with Crippen molar-refractivity contribution in [3.63, 3.8) is 0 Å². The third-order valence-electron chi connectivity index (χ3n) is 4.71. The first-order valence-electron chi connectivity index (χ1n) is 9.03. The summed E-state index contributed by atoms with van der Waals surface area (Å²) in [5.41, 5.74) is 1.17. The Morgan fingerprint density at radius 2 is 1.92 bits per heavy atom. The van der Waals surface area contributed by atoms with Crippen molar-refractivity contribution in [3.05, 3.63) is 29.8 Å². The Balaban J connectivity index is 1.98. The van der Waals surface area contributed by atoms with Crippen molar-refractivity contribution in [2.45, 2.75) is 58.5 Å². The molecule has 1 aromatic carbocycles. The van der Waals surface area contributed by atoms with Crippen LogP contribution in [0.25, 0.3) is 0 Å². The molecule has 1 fully saturated rings. The monoisotopic (exact) mass is 333 g/mol. The van der Waals surface area contributed by atoms with Crippen LogP contribution in [0.5, 0.6) is 5.75 Å². The molecule has 1 aromatic rings. The van der Waals surface area contributed by atoms with E-state index in [0.29, 0.717) is 12.5 Å². The highest BCUT2D eigenvalue weighted by Crippen LogP contribution is 2.24. The minimum atomic E-state index is 0.235. The lowest BCUT2D eigenvalue weighted by molar-refractivity contribution is -0.138. The van der Waals surface area contributed by atoms with Crippen LogP contribution in [-0.2, 0) is 16.0 Å². The fraction of sp³-hybridized carbons (Fsp3) is 0.650. The van der Waals surface area contributed by atoms with Gasteiger partial charge in [-0.2, -0.15) is 0 Å². The molecule has 0 aromatic heterocycles. The van der Waals surface area contributed by atoms with Crippen molar-refractivity contribution in [3.8, 4) is 5.75 Å². The zero-order valence-corrected chi connectivity index (χ0v) is 15.5. The summed E-state index contributed by atoms with van der Waals surface area (Å²) in [6, 6.07) is 8.62. The molecule has 1 aliphatic heterocycles. The van der Waals surface area contributed by atoms with E-state index in [1.807, 2.05) is 18.2 Å². The van der Waals surface area contributed by atoms with Gasteiger partial charge in [-0.3, -0.25) is 4.79 Å². The molecular formula is C20H31NO3. The topological polar surface area (TPSA) is 38.8 Å². The van der Waals surface area contributed by atoms with Gasteiger partial charge in [0.25, 0.3) is 0 Å². The molecule has 0 bridgehead atoms. The lowest BCUT2D eigenvalue weighted by Gasteiger charge is -2.38. The van der Waals surface area contributed by atoms with E-state index in [9.17, 15) is 4.79 Å². The van der Waals surface area contributed by atoms with Crippen LogP contribution in [0.4, 0.5) is 0 Å². The Labute approximate surface area is 146 Å². The maximum atomic E-state index is 12.9. The molecule has 0 radical (unpaired) electrons.